The van der Waals surface area contributed by atoms with Gasteiger partial charge in [0.15, 0.2) is 0 Å². The van der Waals surface area contributed by atoms with Gasteiger partial charge in [-0.3, -0.25) is 0 Å². The number of rotatable bonds is 2. The lowest BCUT2D eigenvalue weighted by atomic mass is 9.83. The second-order valence-electron chi connectivity index (χ2n) is 4.74. The van der Waals surface area contributed by atoms with Crippen LogP contribution in [0.15, 0.2) is 44.3 Å². The molecule has 0 bridgehead atoms. The maximum Gasteiger partial charge on any atom is 0.109 e. The third kappa shape index (κ3) is 2.53. The molecule has 4 nitrogen and oxygen atoms in total. The molecule has 1 rings (SSSR count). The Morgan fingerprint density at radius 3 is 1.89 bits per heavy atom. The van der Waals surface area contributed by atoms with Crippen molar-refractivity contribution < 1.29 is 10.4 Å². The van der Waals surface area contributed by atoms with Gasteiger partial charge in [-0.15, -0.1) is 0 Å². The summed E-state index contributed by atoms with van der Waals surface area (Å²) in [5.41, 5.74) is 5.77. The van der Waals surface area contributed by atoms with Crippen molar-refractivity contribution >= 4 is 11.4 Å². The fourth-order valence-corrected chi connectivity index (χ4v) is 2.02. The molecule has 0 aromatic heterocycles. The third-order valence-corrected chi connectivity index (χ3v) is 3.28. The lowest BCUT2D eigenvalue weighted by Gasteiger charge is -2.22. The van der Waals surface area contributed by atoms with Gasteiger partial charge in [-0.25, -0.2) is 0 Å². The standard InChI is InChI=1S/C14H20N2O2/c1-8(2)6-7-12-11(5)13(15-17)9(3)10(4)14(12)16-18/h6,17-18H,7H2,1-5H3. The van der Waals surface area contributed by atoms with Crippen molar-refractivity contribution in [3.05, 3.63) is 33.9 Å². The molecule has 0 unspecified atom stereocenters. The Morgan fingerprint density at radius 1 is 0.944 bits per heavy atom. The van der Waals surface area contributed by atoms with Crippen LogP contribution in [-0.2, 0) is 0 Å². The highest BCUT2D eigenvalue weighted by Crippen LogP contribution is 2.28. The highest BCUT2D eigenvalue weighted by atomic mass is 16.4. The Kier molecular flexibility index (Phi) is 4.48. The monoisotopic (exact) mass is 248 g/mol. The summed E-state index contributed by atoms with van der Waals surface area (Å²) in [7, 11) is 0. The Bertz CT molecular complexity index is 502. The van der Waals surface area contributed by atoms with Crippen LogP contribution in [0.5, 0.6) is 0 Å². The first-order chi connectivity index (χ1) is 8.43. The molecule has 4 heteroatoms. The summed E-state index contributed by atoms with van der Waals surface area (Å²) in [6.45, 7) is 9.64. The van der Waals surface area contributed by atoms with E-state index in [1.54, 1.807) is 0 Å². The zero-order valence-corrected chi connectivity index (χ0v) is 11.6. The van der Waals surface area contributed by atoms with Gasteiger partial charge in [0.1, 0.15) is 11.4 Å². The molecule has 0 saturated carbocycles. The molecular weight excluding hydrogens is 228 g/mol. The van der Waals surface area contributed by atoms with E-state index in [1.165, 1.54) is 5.57 Å². The van der Waals surface area contributed by atoms with E-state index in [1.807, 2.05) is 34.6 Å². The van der Waals surface area contributed by atoms with Crippen LogP contribution in [0.4, 0.5) is 0 Å². The molecule has 98 valence electrons. The quantitative estimate of drug-likeness (QED) is 0.339. The molecule has 1 aliphatic rings. The lowest BCUT2D eigenvalue weighted by Crippen LogP contribution is -2.21. The van der Waals surface area contributed by atoms with Gasteiger partial charge in [-0.05, 0) is 63.3 Å². The second-order valence-corrected chi connectivity index (χ2v) is 4.74. The van der Waals surface area contributed by atoms with Crippen LogP contribution in [0.1, 0.15) is 41.0 Å². The SMILES string of the molecule is CC(C)=CCC1=C(C)C(=NO)C(C)=C(C)C1=NO. The van der Waals surface area contributed by atoms with Crippen LogP contribution < -0.4 is 0 Å². The summed E-state index contributed by atoms with van der Waals surface area (Å²) in [5, 5.41) is 25.0. The highest BCUT2D eigenvalue weighted by Gasteiger charge is 2.25. The third-order valence-electron chi connectivity index (χ3n) is 3.28. The van der Waals surface area contributed by atoms with Crippen molar-refractivity contribution in [1.29, 1.82) is 0 Å². The Labute approximate surface area is 108 Å². The van der Waals surface area contributed by atoms with Crippen molar-refractivity contribution in [2.75, 3.05) is 0 Å². The maximum absolute atomic E-state index is 9.19. The molecular formula is C14H20N2O2. The molecule has 0 spiro atoms. The first-order valence-corrected chi connectivity index (χ1v) is 5.90. The van der Waals surface area contributed by atoms with Gasteiger partial charge in [-0.2, -0.15) is 0 Å². The van der Waals surface area contributed by atoms with Gasteiger partial charge >= 0.3 is 0 Å². The minimum Gasteiger partial charge on any atom is -0.410 e. The lowest BCUT2D eigenvalue weighted by molar-refractivity contribution is 0.317. The Balaban J connectivity index is 3.36. The topological polar surface area (TPSA) is 65.2 Å². The predicted octanol–water partition coefficient (Wildman–Crippen LogP) is 3.67. The maximum atomic E-state index is 9.19. The molecule has 0 amide bonds. The molecule has 1 aliphatic carbocycles. The first kappa shape index (κ1) is 14.2. The molecule has 2 N–H and O–H groups in total. The van der Waals surface area contributed by atoms with Crippen LogP contribution in [0.3, 0.4) is 0 Å². The zero-order valence-electron chi connectivity index (χ0n) is 11.6. The summed E-state index contributed by atoms with van der Waals surface area (Å²) >= 11 is 0. The van der Waals surface area contributed by atoms with Crippen molar-refractivity contribution in [2.24, 2.45) is 10.3 Å². The summed E-state index contributed by atoms with van der Waals surface area (Å²) in [6, 6.07) is 0. The molecule has 0 aromatic rings. The van der Waals surface area contributed by atoms with E-state index in [9.17, 15) is 5.21 Å². The minimum absolute atomic E-state index is 0.567. The second kappa shape index (κ2) is 5.67. The normalized spacial score (nSPS) is 20.9. The van der Waals surface area contributed by atoms with Crippen molar-refractivity contribution in [3.8, 4) is 0 Å². The van der Waals surface area contributed by atoms with Crippen LogP contribution in [0.25, 0.3) is 0 Å². The predicted molar refractivity (Wildman–Crippen MR) is 73.6 cm³/mol. The van der Waals surface area contributed by atoms with E-state index in [4.69, 9.17) is 5.21 Å². The van der Waals surface area contributed by atoms with Gasteiger partial charge in [0.05, 0.1) is 0 Å². The number of nitrogens with zero attached hydrogens (tertiary/aromatic N) is 2. The number of hydrogen-bond donors (Lipinski definition) is 2. The van der Waals surface area contributed by atoms with Crippen LogP contribution in [0, 0.1) is 0 Å². The number of oxime groups is 2. The Hall–Kier alpha value is -1.84. The van der Waals surface area contributed by atoms with Crippen LogP contribution in [-0.4, -0.2) is 21.8 Å². The van der Waals surface area contributed by atoms with E-state index in [-0.39, 0.29) is 0 Å². The summed E-state index contributed by atoms with van der Waals surface area (Å²) in [4.78, 5) is 0. The van der Waals surface area contributed by atoms with Crippen molar-refractivity contribution in [2.45, 2.75) is 41.0 Å². The van der Waals surface area contributed by atoms with Gasteiger partial charge in [-0.1, -0.05) is 22.0 Å². The average molecular weight is 248 g/mol. The average Bonchev–Trinajstić information content (AvgIpc) is 2.32. The summed E-state index contributed by atoms with van der Waals surface area (Å²) in [5.74, 6) is 0. The smallest absolute Gasteiger partial charge is 0.109 e. The van der Waals surface area contributed by atoms with E-state index in [2.05, 4.69) is 16.4 Å². The number of hydrogen-bond acceptors (Lipinski definition) is 4. The molecule has 18 heavy (non-hydrogen) atoms. The summed E-state index contributed by atoms with van der Waals surface area (Å²) < 4.78 is 0. The first-order valence-electron chi connectivity index (χ1n) is 5.90. The fraction of sp³-hybridized carbons (Fsp3) is 0.429. The number of allylic oxidation sites excluding steroid dienone is 6. The van der Waals surface area contributed by atoms with Crippen LogP contribution >= 0.6 is 0 Å². The largest absolute Gasteiger partial charge is 0.410 e. The van der Waals surface area contributed by atoms with Crippen molar-refractivity contribution in [1.82, 2.24) is 0 Å². The molecule has 0 saturated heterocycles. The highest BCUT2D eigenvalue weighted by molar-refractivity contribution is 6.28. The van der Waals surface area contributed by atoms with Gasteiger partial charge in [0.2, 0.25) is 0 Å². The van der Waals surface area contributed by atoms with Gasteiger partial charge in [0, 0.05) is 0 Å². The Morgan fingerprint density at radius 2 is 1.44 bits per heavy atom. The molecule has 0 heterocycles. The van der Waals surface area contributed by atoms with E-state index in [0.717, 1.165) is 22.3 Å². The van der Waals surface area contributed by atoms with Gasteiger partial charge in [0.25, 0.3) is 0 Å². The summed E-state index contributed by atoms with van der Waals surface area (Å²) in [6.07, 6.45) is 2.73. The molecule has 0 radical (unpaired) electrons. The van der Waals surface area contributed by atoms with Gasteiger partial charge < -0.3 is 10.4 Å². The molecule has 0 fully saturated rings. The van der Waals surface area contributed by atoms with Crippen LogP contribution in [0.2, 0.25) is 0 Å². The fourth-order valence-electron chi connectivity index (χ4n) is 2.02. The molecule has 0 aliphatic heterocycles. The zero-order chi connectivity index (χ0) is 13.9. The van der Waals surface area contributed by atoms with Crippen molar-refractivity contribution in [3.63, 3.8) is 0 Å². The molecule has 0 aromatic carbocycles. The van der Waals surface area contributed by atoms with E-state index in [0.29, 0.717) is 17.8 Å². The van der Waals surface area contributed by atoms with E-state index < -0.39 is 0 Å². The molecule has 0 atom stereocenters. The minimum atomic E-state index is 0.567. The van der Waals surface area contributed by atoms with E-state index >= 15 is 0 Å².